The summed E-state index contributed by atoms with van der Waals surface area (Å²) < 4.78 is 0. The van der Waals surface area contributed by atoms with Crippen LogP contribution in [0, 0.1) is 6.07 Å². The maximum atomic E-state index is 3.97. The predicted molar refractivity (Wildman–Crippen MR) is 40.4 cm³/mol. The molecule has 0 heterocycles. The summed E-state index contributed by atoms with van der Waals surface area (Å²) in [6.45, 7) is 0. The average molecular weight is 174 g/mol. The summed E-state index contributed by atoms with van der Waals surface area (Å²) in [6.07, 6.45) is 3.82. The van der Waals surface area contributed by atoms with E-state index >= 15 is 0 Å². The predicted octanol–water partition coefficient (Wildman–Crippen LogP) is 1.85. The number of rotatable bonds is 2. The van der Waals surface area contributed by atoms with Crippen LogP contribution in [0.1, 0.15) is 5.56 Å². The van der Waals surface area contributed by atoms with Gasteiger partial charge in [-0.05, 0) is 0 Å². The van der Waals surface area contributed by atoms with Gasteiger partial charge in [-0.3, -0.25) is 0 Å². The third kappa shape index (κ3) is 2.29. The summed E-state index contributed by atoms with van der Waals surface area (Å²) >= 11 is 3.97. The number of hydrogen-bond acceptors (Lipinski definition) is 0. The molecule has 0 nitrogen and oxygen atoms in total. The molecule has 0 aliphatic carbocycles. The zero-order chi connectivity index (χ0) is 7.23. The van der Waals surface area contributed by atoms with Crippen LogP contribution >= 0.6 is 0 Å². The van der Waals surface area contributed by atoms with Gasteiger partial charge < -0.3 is 0 Å². The molecule has 0 unspecified atom stereocenters. The van der Waals surface area contributed by atoms with E-state index in [2.05, 4.69) is 21.4 Å². The van der Waals surface area contributed by atoms with Crippen molar-refractivity contribution >= 4 is 11.0 Å². The molecule has 0 bridgehead atoms. The molecule has 1 heteroatoms. The van der Waals surface area contributed by atoms with Gasteiger partial charge in [0, 0.05) is 0 Å². The second-order valence-electron chi connectivity index (χ2n) is 1.79. The van der Waals surface area contributed by atoms with E-state index in [4.69, 9.17) is 0 Å². The first kappa shape index (κ1) is 7.44. The van der Waals surface area contributed by atoms with E-state index in [-0.39, 0.29) is 0 Å². The average Bonchev–Trinajstić information content (AvgIpc) is 2.03. The van der Waals surface area contributed by atoms with Crippen LogP contribution in [0.15, 0.2) is 30.3 Å². The van der Waals surface area contributed by atoms with Crippen LogP contribution in [-0.2, 0) is 15.3 Å². The van der Waals surface area contributed by atoms with Crippen molar-refractivity contribution < 1.29 is 15.3 Å². The number of hydrogen-bond donors (Lipinski definition) is 0. The summed E-state index contributed by atoms with van der Waals surface area (Å²) in [5.41, 5.74) is 1.08. The molecule has 0 amide bonds. The van der Waals surface area contributed by atoms with Crippen LogP contribution in [0.2, 0.25) is 0 Å². The summed E-state index contributed by atoms with van der Waals surface area (Å²) in [6, 6.07) is 10.9. The van der Waals surface area contributed by atoms with Gasteiger partial charge in [0.05, 0.1) is 0 Å². The zero-order valence-corrected chi connectivity index (χ0v) is 6.42. The minimum atomic E-state index is 1.08. The first-order valence-corrected chi connectivity index (χ1v) is 3.58. The van der Waals surface area contributed by atoms with Gasteiger partial charge in [-0.15, -0.1) is 0 Å². The van der Waals surface area contributed by atoms with E-state index in [1.165, 1.54) is 0 Å². The van der Waals surface area contributed by atoms with E-state index < -0.39 is 0 Å². The van der Waals surface area contributed by atoms with Crippen molar-refractivity contribution in [3.8, 4) is 0 Å². The molecule has 0 N–H and O–H groups in total. The molecule has 0 saturated heterocycles. The van der Waals surface area contributed by atoms with Crippen molar-refractivity contribution in [2.45, 2.75) is 0 Å². The SMILES string of the molecule is [Co]=[CH]/C=C\c1[c-]cccc1. The Bertz CT molecular complexity index is 224. The minimum absolute atomic E-state index is 1.08. The second-order valence-corrected chi connectivity index (χ2v) is 2.14. The monoisotopic (exact) mass is 174 g/mol. The van der Waals surface area contributed by atoms with Gasteiger partial charge in [0.15, 0.2) is 0 Å². The summed E-state index contributed by atoms with van der Waals surface area (Å²) in [7, 11) is 0. The fourth-order valence-electron chi connectivity index (χ4n) is 0.647. The van der Waals surface area contributed by atoms with E-state index in [1.54, 1.807) is 4.96 Å². The Morgan fingerprint density at radius 1 is 1.40 bits per heavy atom. The van der Waals surface area contributed by atoms with Gasteiger partial charge in [-0.25, -0.2) is 0 Å². The number of allylic oxidation sites excluding steroid dienone is 1. The summed E-state index contributed by atoms with van der Waals surface area (Å²) in [5, 5.41) is 0. The van der Waals surface area contributed by atoms with Gasteiger partial charge in [0.25, 0.3) is 0 Å². The third-order valence-corrected chi connectivity index (χ3v) is 1.27. The third-order valence-electron chi connectivity index (χ3n) is 1.07. The maximum absolute atomic E-state index is 3.97. The topological polar surface area (TPSA) is 0 Å². The summed E-state index contributed by atoms with van der Waals surface area (Å²) in [4.78, 5) is 1.69. The van der Waals surface area contributed by atoms with Gasteiger partial charge >= 0.3 is 68.3 Å². The van der Waals surface area contributed by atoms with E-state index in [9.17, 15) is 0 Å². The van der Waals surface area contributed by atoms with E-state index in [0.717, 1.165) is 5.56 Å². The van der Waals surface area contributed by atoms with Crippen LogP contribution < -0.4 is 0 Å². The molecule has 0 radical (unpaired) electrons. The van der Waals surface area contributed by atoms with Crippen molar-refractivity contribution in [1.82, 2.24) is 0 Å². The first-order chi connectivity index (χ1) is 4.93. The molecule has 0 saturated carbocycles. The fraction of sp³-hybridized carbons (Fsp3) is 0. The Morgan fingerprint density at radius 3 is 2.90 bits per heavy atom. The van der Waals surface area contributed by atoms with Crippen molar-refractivity contribution in [3.63, 3.8) is 0 Å². The van der Waals surface area contributed by atoms with Crippen LogP contribution in [0.4, 0.5) is 0 Å². The van der Waals surface area contributed by atoms with Crippen LogP contribution in [-0.4, -0.2) is 4.96 Å². The molecule has 0 fully saturated rings. The van der Waals surface area contributed by atoms with E-state index in [1.807, 2.05) is 36.4 Å². The van der Waals surface area contributed by atoms with Gasteiger partial charge in [0.2, 0.25) is 0 Å². The zero-order valence-electron chi connectivity index (χ0n) is 5.37. The van der Waals surface area contributed by atoms with Crippen molar-refractivity contribution in [1.29, 1.82) is 0 Å². The second kappa shape index (κ2) is 4.20. The Morgan fingerprint density at radius 2 is 2.30 bits per heavy atom. The quantitative estimate of drug-likeness (QED) is 0.600. The molecule has 0 atom stereocenters. The Hall–Kier alpha value is -0.664. The van der Waals surface area contributed by atoms with Crippen LogP contribution in [0.5, 0.6) is 0 Å². The molecule has 0 aliphatic rings. The van der Waals surface area contributed by atoms with E-state index in [0.29, 0.717) is 0 Å². The summed E-state index contributed by atoms with van der Waals surface area (Å²) in [5.74, 6) is 0. The van der Waals surface area contributed by atoms with Gasteiger partial charge in [-0.1, -0.05) is 0 Å². The van der Waals surface area contributed by atoms with Gasteiger partial charge in [0.1, 0.15) is 0 Å². The van der Waals surface area contributed by atoms with Crippen LogP contribution in [0.3, 0.4) is 0 Å². The fourth-order valence-corrected chi connectivity index (χ4v) is 0.747. The van der Waals surface area contributed by atoms with Gasteiger partial charge in [-0.2, -0.15) is 0 Å². The molecule has 53 valence electrons. The van der Waals surface area contributed by atoms with Crippen molar-refractivity contribution in [2.24, 2.45) is 0 Å². The number of benzene rings is 1. The molecular weight excluding hydrogens is 167 g/mol. The molecule has 0 aliphatic heterocycles. The molecule has 0 spiro atoms. The molecule has 1 aromatic rings. The van der Waals surface area contributed by atoms with Crippen molar-refractivity contribution in [2.75, 3.05) is 0 Å². The molecule has 1 aromatic carbocycles. The normalized spacial score (nSPS) is 10.1. The Kier molecular flexibility index (Phi) is 3.13. The molecule has 1 rings (SSSR count). The molecular formula is C9H7Co-. The molecule has 0 aromatic heterocycles. The van der Waals surface area contributed by atoms with Crippen LogP contribution in [0.25, 0.3) is 6.08 Å². The Labute approximate surface area is 68.7 Å². The first-order valence-electron chi connectivity index (χ1n) is 2.98. The molecule has 10 heavy (non-hydrogen) atoms. The van der Waals surface area contributed by atoms with Crippen molar-refractivity contribution in [3.05, 3.63) is 42.0 Å². The standard InChI is InChI=1S/C9H7.Co/c1-2-6-9-7-4-3-5-8-9;/h1-7H;/q-1;/b6-2-;. The Balaban J connectivity index is 2.76.